The number of benzene rings is 1. The molecule has 1 aromatic carbocycles. The van der Waals surface area contributed by atoms with Gasteiger partial charge in [-0.1, -0.05) is 18.2 Å². The van der Waals surface area contributed by atoms with Gasteiger partial charge in [0.2, 0.25) is 0 Å². The summed E-state index contributed by atoms with van der Waals surface area (Å²) in [7, 11) is 1.38. The van der Waals surface area contributed by atoms with Crippen LogP contribution in [0.1, 0.15) is 6.42 Å². The molecule has 0 bridgehead atoms. The smallest absolute Gasteiger partial charge is 0.330 e. The Morgan fingerprint density at radius 3 is 2.65 bits per heavy atom. The molecule has 0 aliphatic heterocycles. The van der Waals surface area contributed by atoms with E-state index in [2.05, 4.69) is 0 Å². The van der Waals surface area contributed by atoms with Crippen molar-refractivity contribution in [1.29, 1.82) is 0 Å². The van der Waals surface area contributed by atoms with Gasteiger partial charge in [-0.2, -0.15) is 11.8 Å². The predicted octanol–water partition coefficient (Wildman–Crippen LogP) is 1.66. The number of hydrogen-bond donors (Lipinski definition) is 1. The predicted molar refractivity (Wildman–Crippen MR) is 71.9 cm³/mol. The number of para-hydroxylation sites is 1. The van der Waals surface area contributed by atoms with Gasteiger partial charge in [0.25, 0.3) is 0 Å². The highest BCUT2D eigenvalue weighted by Gasteiger charge is 2.24. The van der Waals surface area contributed by atoms with Crippen LogP contribution in [-0.2, 0) is 9.53 Å². The van der Waals surface area contributed by atoms with Crippen LogP contribution in [0.3, 0.4) is 0 Å². The van der Waals surface area contributed by atoms with Gasteiger partial charge in [0.1, 0.15) is 6.04 Å². The van der Waals surface area contributed by atoms with Crippen LogP contribution in [0.25, 0.3) is 0 Å². The molecule has 17 heavy (non-hydrogen) atoms. The Bertz CT molecular complexity index is 346. The summed E-state index contributed by atoms with van der Waals surface area (Å²) in [6, 6.07) is 8.99. The number of thioether (sulfide) groups is 1. The molecule has 94 valence electrons. The minimum atomic E-state index is -0.435. The summed E-state index contributed by atoms with van der Waals surface area (Å²) in [6.07, 6.45) is 2.66. The van der Waals surface area contributed by atoms with E-state index in [1.807, 2.05) is 36.6 Å². The number of nitrogens with zero attached hydrogens (tertiary/aromatic N) is 1. The zero-order valence-electron chi connectivity index (χ0n) is 10.1. The van der Waals surface area contributed by atoms with Crippen molar-refractivity contribution in [3.05, 3.63) is 30.3 Å². The molecule has 0 aliphatic carbocycles. The fourth-order valence-corrected chi connectivity index (χ4v) is 1.98. The minimum absolute atomic E-state index is 0.301. The number of hydrazine groups is 1. The third-order valence-electron chi connectivity index (χ3n) is 2.46. The van der Waals surface area contributed by atoms with Gasteiger partial charge in [0, 0.05) is 0 Å². The molecule has 5 heteroatoms. The molecule has 0 aromatic heterocycles. The van der Waals surface area contributed by atoms with Crippen molar-refractivity contribution in [2.24, 2.45) is 5.84 Å². The van der Waals surface area contributed by atoms with Crippen LogP contribution in [0.5, 0.6) is 0 Å². The third kappa shape index (κ3) is 3.94. The zero-order chi connectivity index (χ0) is 12.7. The van der Waals surface area contributed by atoms with Gasteiger partial charge >= 0.3 is 5.97 Å². The van der Waals surface area contributed by atoms with E-state index in [0.29, 0.717) is 6.42 Å². The highest BCUT2D eigenvalue weighted by molar-refractivity contribution is 7.98. The van der Waals surface area contributed by atoms with Gasteiger partial charge in [-0.05, 0) is 30.6 Å². The Hall–Kier alpha value is -1.20. The van der Waals surface area contributed by atoms with Crippen molar-refractivity contribution in [1.82, 2.24) is 0 Å². The Morgan fingerprint density at radius 2 is 2.12 bits per heavy atom. The van der Waals surface area contributed by atoms with Crippen LogP contribution in [0.15, 0.2) is 30.3 Å². The van der Waals surface area contributed by atoms with E-state index in [9.17, 15) is 4.79 Å². The zero-order valence-corrected chi connectivity index (χ0v) is 10.9. The number of esters is 1. The Kier molecular flexibility index (Phi) is 5.86. The first kappa shape index (κ1) is 13.9. The molecule has 0 saturated carbocycles. The van der Waals surface area contributed by atoms with E-state index < -0.39 is 6.04 Å². The molecular weight excluding hydrogens is 236 g/mol. The number of anilines is 1. The van der Waals surface area contributed by atoms with E-state index in [0.717, 1.165) is 11.4 Å². The maximum absolute atomic E-state index is 11.7. The van der Waals surface area contributed by atoms with Gasteiger partial charge in [-0.3, -0.25) is 5.01 Å². The van der Waals surface area contributed by atoms with Crippen LogP contribution >= 0.6 is 11.8 Å². The molecule has 1 rings (SSSR count). The first-order valence-corrected chi connectivity index (χ1v) is 6.75. The minimum Gasteiger partial charge on any atom is -0.467 e. The lowest BCUT2D eigenvalue weighted by atomic mass is 10.2. The normalized spacial score (nSPS) is 11.9. The average Bonchev–Trinajstić information content (AvgIpc) is 2.39. The fourth-order valence-electron chi connectivity index (χ4n) is 1.52. The van der Waals surface area contributed by atoms with Gasteiger partial charge in [0.05, 0.1) is 12.8 Å². The van der Waals surface area contributed by atoms with Crippen molar-refractivity contribution < 1.29 is 9.53 Å². The van der Waals surface area contributed by atoms with Crippen molar-refractivity contribution in [2.75, 3.05) is 24.1 Å². The van der Waals surface area contributed by atoms with Crippen molar-refractivity contribution in [3.63, 3.8) is 0 Å². The number of carbonyl (C=O) groups excluding carboxylic acids is 1. The summed E-state index contributed by atoms with van der Waals surface area (Å²) in [5.41, 5.74) is 0.809. The average molecular weight is 254 g/mol. The number of methoxy groups -OCH3 is 1. The molecule has 0 aliphatic rings. The van der Waals surface area contributed by atoms with Gasteiger partial charge in [-0.25, -0.2) is 10.6 Å². The molecule has 1 atom stereocenters. The second-order valence-corrected chi connectivity index (χ2v) is 4.55. The second-order valence-electron chi connectivity index (χ2n) is 3.56. The van der Waals surface area contributed by atoms with E-state index in [4.69, 9.17) is 10.6 Å². The topological polar surface area (TPSA) is 55.6 Å². The number of ether oxygens (including phenoxy) is 1. The molecule has 0 fully saturated rings. The highest BCUT2D eigenvalue weighted by atomic mass is 32.2. The lowest BCUT2D eigenvalue weighted by Crippen LogP contribution is -2.47. The van der Waals surface area contributed by atoms with Crippen molar-refractivity contribution in [3.8, 4) is 0 Å². The monoisotopic (exact) mass is 254 g/mol. The lowest BCUT2D eigenvalue weighted by Gasteiger charge is -2.26. The summed E-state index contributed by atoms with van der Waals surface area (Å²) in [5, 5.41) is 1.47. The van der Waals surface area contributed by atoms with E-state index >= 15 is 0 Å². The van der Waals surface area contributed by atoms with Crippen LogP contribution in [-0.4, -0.2) is 31.1 Å². The number of rotatable bonds is 6. The van der Waals surface area contributed by atoms with Crippen LogP contribution in [0, 0.1) is 0 Å². The van der Waals surface area contributed by atoms with Gasteiger partial charge < -0.3 is 4.74 Å². The van der Waals surface area contributed by atoms with E-state index in [1.54, 1.807) is 11.8 Å². The standard InChI is InChI=1S/C12H18N2O2S/c1-16-12(15)11(8-9-17-2)14(13)10-6-4-3-5-7-10/h3-7,11H,8-9,13H2,1-2H3/t11-/m0/s1. The summed E-state index contributed by atoms with van der Waals surface area (Å²) in [6.45, 7) is 0. The molecule has 0 radical (unpaired) electrons. The van der Waals surface area contributed by atoms with Gasteiger partial charge in [0.15, 0.2) is 0 Å². The fraction of sp³-hybridized carbons (Fsp3) is 0.417. The summed E-state index contributed by atoms with van der Waals surface area (Å²) in [4.78, 5) is 11.7. The second kappa shape index (κ2) is 7.19. The van der Waals surface area contributed by atoms with Crippen LogP contribution in [0.4, 0.5) is 5.69 Å². The maximum atomic E-state index is 11.7. The highest BCUT2D eigenvalue weighted by Crippen LogP contribution is 2.16. The van der Waals surface area contributed by atoms with E-state index in [-0.39, 0.29) is 5.97 Å². The molecule has 0 amide bonds. The van der Waals surface area contributed by atoms with E-state index in [1.165, 1.54) is 12.1 Å². The first-order chi connectivity index (χ1) is 8.20. The third-order valence-corrected chi connectivity index (χ3v) is 3.10. The Morgan fingerprint density at radius 1 is 1.47 bits per heavy atom. The molecule has 0 heterocycles. The number of hydrogen-bond acceptors (Lipinski definition) is 5. The molecule has 0 unspecified atom stereocenters. The van der Waals surface area contributed by atoms with Crippen molar-refractivity contribution in [2.45, 2.75) is 12.5 Å². The molecule has 1 aromatic rings. The molecule has 2 N–H and O–H groups in total. The first-order valence-electron chi connectivity index (χ1n) is 5.36. The summed E-state index contributed by atoms with van der Waals surface area (Å²) < 4.78 is 4.78. The molecule has 0 saturated heterocycles. The lowest BCUT2D eigenvalue weighted by molar-refractivity contribution is -0.142. The molecular formula is C12H18N2O2S. The number of carbonyl (C=O) groups is 1. The van der Waals surface area contributed by atoms with Crippen LogP contribution < -0.4 is 10.9 Å². The number of nitrogens with two attached hydrogens (primary N) is 1. The Balaban J connectivity index is 2.78. The Labute approximate surface area is 106 Å². The quantitative estimate of drug-likeness (QED) is 0.475. The largest absolute Gasteiger partial charge is 0.467 e. The summed E-state index contributed by atoms with van der Waals surface area (Å²) >= 11 is 1.68. The molecule has 0 spiro atoms. The summed E-state index contributed by atoms with van der Waals surface area (Å²) in [5.74, 6) is 6.54. The van der Waals surface area contributed by atoms with Crippen LogP contribution in [0.2, 0.25) is 0 Å². The van der Waals surface area contributed by atoms with Gasteiger partial charge in [-0.15, -0.1) is 0 Å². The van der Waals surface area contributed by atoms with Crippen molar-refractivity contribution >= 4 is 23.4 Å². The SMILES string of the molecule is COC(=O)[C@H](CCSC)N(N)c1ccccc1. The maximum Gasteiger partial charge on any atom is 0.330 e. The molecule has 4 nitrogen and oxygen atoms in total.